The molecule has 0 aliphatic carbocycles. The fourth-order valence-corrected chi connectivity index (χ4v) is 3.94. The van der Waals surface area contributed by atoms with Gasteiger partial charge in [-0.2, -0.15) is 5.26 Å². The summed E-state index contributed by atoms with van der Waals surface area (Å²) in [5.74, 6) is 0.731. The van der Waals surface area contributed by atoms with Crippen LogP contribution >= 0.6 is 0 Å². The molecule has 0 fully saturated rings. The molecule has 2 N–H and O–H groups in total. The molecule has 2 heterocycles. The normalized spacial score (nSPS) is 10.9. The number of hydrogen-bond acceptors (Lipinski definition) is 6. The second-order valence-corrected chi connectivity index (χ2v) is 8.34. The highest BCUT2D eigenvalue weighted by Crippen LogP contribution is 2.27. The molecule has 0 spiro atoms. The number of carbonyl (C=O) groups excluding carboxylic acids is 2. The maximum absolute atomic E-state index is 12.9. The molecule has 36 heavy (non-hydrogen) atoms. The van der Waals surface area contributed by atoms with Crippen LogP contribution in [0, 0.1) is 17.2 Å². The first kappa shape index (κ1) is 26.6. The molecule has 0 radical (unpaired) electrons. The van der Waals surface area contributed by atoms with Crippen LogP contribution in [0.4, 0.5) is 22.2 Å². The number of benzene rings is 1. The second kappa shape index (κ2) is 12.7. The van der Waals surface area contributed by atoms with Crippen molar-refractivity contribution < 1.29 is 14.3 Å². The van der Waals surface area contributed by atoms with E-state index in [4.69, 9.17) is 10.00 Å². The van der Waals surface area contributed by atoms with E-state index in [0.29, 0.717) is 42.6 Å². The maximum atomic E-state index is 12.9. The van der Waals surface area contributed by atoms with Gasteiger partial charge in [-0.25, -0.2) is 14.8 Å². The van der Waals surface area contributed by atoms with Gasteiger partial charge >= 0.3 is 6.03 Å². The summed E-state index contributed by atoms with van der Waals surface area (Å²) in [6, 6.07) is 10.3. The Kier molecular flexibility index (Phi) is 9.36. The average Bonchev–Trinajstić information content (AvgIpc) is 3.22. The zero-order valence-corrected chi connectivity index (χ0v) is 21.2. The van der Waals surface area contributed by atoms with E-state index >= 15 is 0 Å². The first-order valence-electron chi connectivity index (χ1n) is 12.2. The van der Waals surface area contributed by atoms with Gasteiger partial charge in [0, 0.05) is 44.6 Å². The molecule has 0 saturated carbocycles. The van der Waals surface area contributed by atoms with Crippen LogP contribution in [0.15, 0.2) is 36.5 Å². The van der Waals surface area contributed by atoms with Crippen LogP contribution in [-0.4, -0.2) is 46.7 Å². The summed E-state index contributed by atoms with van der Waals surface area (Å²) in [4.78, 5) is 36.0. The molecule has 1 aromatic carbocycles. The Morgan fingerprint density at radius 1 is 1.17 bits per heavy atom. The van der Waals surface area contributed by atoms with Crippen molar-refractivity contribution >= 4 is 40.4 Å². The minimum atomic E-state index is -0.505. The topological polar surface area (TPSA) is 125 Å². The van der Waals surface area contributed by atoms with Crippen molar-refractivity contribution in [3.05, 3.63) is 42.1 Å². The molecule has 3 aromatic rings. The molecule has 3 rings (SSSR count). The summed E-state index contributed by atoms with van der Waals surface area (Å²) >= 11 is 0. The number of ether oxygens (including phenoxy) is 1. The van der Waals surface area contributed by atoms with Crippen molar-refractivity contribution in [2.24, 2.45) is 5.92 Å². The Hall–Kier alpha value is -3.97. The molecule has 10 nitrogen and oxygen atoms in total. The Morgan fingerprint density at radius 2 is 1.94 bits per heavy atom. The molecule has 0 aliphatic rings. The number of anilines is 3. The van der Waals surface area contributed by atoms with Crippen LogP contribution in [-0.2, 0) is 16.1 Å². The molecule has 0 unspecified atom stereocenters. The number of hydrogen-bond donors (Lipinski definition) is 2. The van der Waals surface area contributed by atoms with Crippen molar-refractivity contribution in [3.8, 4) is 6.07 Å². The minimum absolute atomic E-state index is 0.0291. The van der Waals surface area contributed by atoms with Gasteiger partial charge in [-0.3, -0.25) is 15.4 Å². The number of imidazole rings is 1. The number of rotatable bonds is 11. The summed E-state index contributed by atoms with van der Waals surface area (Å²) < 4.78 is 7.40. The van der Waals surface area contributed by atoms with Crippen molar-refractivity contribution in [1.82, 2.24) is 14.5 Å². The Morgan fingerprint density at radius 3 is 2.58 bits per heavy atom. The molecule has 2 aromatic heterocycles. The van der Waals surface area contributed by atoms with Gasteiger partial charge < -0.3 is 14.2 Å². The highest BCUT2D eigenvalue weighted by molar-refractivity contribution is 6.00. The Bertz CT molecular complexity index is 1230. The smallest absolute Gasteiger partial charge is 0.327 e. The number of aromatic nitrogens is 3. The lowest BCUT2D eigenvalue weighted by molar-refractivity contribution is -0.122. The fourth-order valence-electron chi connectivity index (χ4n) is 3.94. The lowest BCUT2D eigenvalue weighted by Gasteiger charge is -2.22. The quantitative estimate of drug-likeness (QED) is 0.372. The van der Waals surface area contributed by atoms with Gasteiger partial charge in [0.2, 0.25) is 11.9 Å². The summed E-state index contributed by atoms with van der Waals surface area (Å²) in [7, 11) is 1.78. The number of fused-ring (bicyclic) bond motifs is 1. The van der Waals surface area contributed by atoms with Gasteiger partial charge in [0.05, 0.1) is 16.6 Å². The van der Waals surface area contributed by atoms with Crippen LogP contribution in [0.5, 0.6) is 0 Å². The third-order valence-corrected chi connectivity index (χ3v) is 6.02. The molecule has 0 saturated heterocycles. The number of aryl methyl sites for hydroxylation is 1. The zero-order chi connectivity index (χ0) is 26.1. The van der Waals surface area contributed by atoms with E-state index in [0.717, 1.165) is 30.5 Å². The van der Waals surface area contributed by atoms with Crippen molar-refractivity contribution in [3.63, 3.8) is 0 Å². The summed E-state index contributed by atoms with van der Waals surface area (Å²) in [6.45, 7) is 7.79. The number of nitrogens with one attached hydrogen (secondary N) is 2. The Labute approximate surface area is 211 Å². The highest BCUT2D eigenvalue weighted by Gasteiger charge is 2.21. The summed E-state index contributed by atoms with van der Waals surface area (Å²) in [5, 5.41) is 14.4. The molecule has 190 valence electrons. The van der Waals surface area contributed by atoms with Crippen molar-refractivity contribution in [2.45, 2.75) is 46.6 Å². The average molecular weight is 492 g/mol. The highest BCUT2D eigenvalue weighted by atomic mass is 16.5. The molecule has 0 aliphatic heterocycles. The molecule has 0 bridgehead atoms. The van der Waals surface area contributed by atoms with Gasteiger partial charge in [0.15, 0.2) is 0 Å². The van der Waals surface area contributed by atoms with Crippen LogP contribution in [0.1, 0.15) is 45.6 Å². The van der Waals surface area contributed by atoms with Gasteiger partial charge in [-0.05, 0) is 56.5 Å². The standard InChI is InChI=1S/C26H33N7O3/c1-5-19(6-2)24(34)32(4)20-10-11-22-21(15-20)29-25(33(22)13-8-14-36-7-3)31-26(35)30-23-12-9-18(16-27)17-28-23/h9-12,15,17,19H,5-8,13-14H2,1-4H3,(H2,28,29,30,31,35). The van der Waals surface area contributed by atoms with E-state index in [9.17, 15) is 9.59 Å². The first-order chi connectivity index (χ1) is 17.4. The van der Waals surface area contributed by atoms with Crippen LogP contribution < -0.4 is 15.5 Å². The zero-order valence-electron chi connectivity index (χ0n) is 21.2. The lowest BCUT2D eigenvalue weighted by atomic mass is 10.0. The fraction of sp³-hybridized carbons (Fsp3) is 0.423. The van der Waals surface area contributed by atoms with E-state index in [-0.39, 0.29) is 11.8 Å². The monoisotopic (exact) mass is 491 g/mol. The third kappa shape index (κ3) is 6.37. The molecule has 3 amide bonds. The van der Waals surface area contributed by atoms with Crippen molar-refractivity contribution in [2.75, 3.05) is 35.8 Å². The van der Waals surface area contributed by atoms with Gasteiger partial charge in [0.1, 0.15) is 11.9 Å². The Balaban J connectivity index is 1.86. The first-order valence-corrected chi connectivity index (χ1v) is 12.2. The van der Waals surface area contributed by atoms with Crippen LogP contribution in [0.3, 0.4) is 0 Å². The second-order valence-electron chi connectivity index (χ2n) is 8.34. The van der Waals surface area contributed by atoms with Gasteiger partial charge in [-0.1, -0.05) is 13.8 Å². The van der Waals surface area contributed by atoms with Crippen molar-refractivity contribution in [1.29, 1.82) is 5.26 Å². The SMILES string of the molecule is CCOCCCn1c(NC(=O)Nc2ccc(C#N)cn2)nc2cc(N(C)C(=O)C(CC)CC)ccc21. The van der Waals surface area contributed by atoms with E-state index in [2.05, 4.69) is 20.6 Å². The number of carbonyl (C=O) groups is 2. The predicted molar refractivity (Wildman–Crippen MR) is 140 cm³/mol. The number of pyridine rings is 1. The lowest BCUT2D eigenvalue weighted by Crippen LogP contribution is -2.32. The third-order valence-electron chi connectivity index (χ3n) is 6.02. The van der Waals surface area contributed by atoms with E-state index in [1.165, 1.54) is 6.20 Å². The molecular weight excluding hydrogens is 458 g/mol. The van der Waals surface area contributed by atoms with E-state index < -0.39 is 6.03 Å². The van der Waals surface area contributed by atoms with Crippen LogP contribution in [0.25, 0.3) is 11.0 Å². The van der Waals surface area contributed by atoms with E-state index in [1.54, 1.807) is 24.1 Å². The maximum Gasteiger partial charge on any atom is 0.327 e. The molecule has 0 atom stereocenters. The van der Waals surface area contributed by atoms with Gasteiger partial charge in [-0.15, -0.1) is 0 Å². The molecule has 10 heteroatoms. The summed E-state index contributed by atoms with van der Waals surface area (Å²) in [5.41, 5.74) is 2.65. The number of nitriles is 1. The number of nitrogens with zero attached hydrogens (tertiary/aromatic N) is 5. The van der Waals surface area contributed by atoms with E-state index in [1.807, 2.05) is 49.6 Å². The molecular formula is C26H33N7O3. The number of amides is 3. The van der Waals surface area contributed by atoms with Gasteiger partial charge in [0.25, 0.3) is 0 Å². The van der Waals surface area contributed by atoms with Crippen LogP contribution in [0.2, 0.25) is 0 Å². The summed E-state index contributed by atoms with van der Waals surface area (Å²) in [6.07, 6.45) is 3.70. The predicted octanol–water partition coefficient (Wildman–Crippen LogP) is 4.77. The largest absolute Gasteiger partial charge is 0.382 e. The minimum Gasteiger partial charge on any atom is -0.382 e. The number of urea groups is 1.